The van der Waals surface area contributed by atoms with Crippen LogP contribution in [0.4, 0.5) is 0 Å². The van der Waals surface area contributed by atoms with Gasteiger partial charge in [0.2, 0.25) is 0 Å². The van der Waals surface area contributed by atoms with Crippen LogP contribution in [-0.4, -0.2) is 25.0 Å². The topological polar surface area (TPSA) is 76.7 Å². The van der Waals surface area contributed by atoms with Gasteiger partial charge in [-0.2, -0.15) is 0 Å². The number of carbonyl (C=O) groups excluding carboxylic acids is 2. The highest BCUT2D eigenvalue weighted by Crippen LogP contribution is 2.34. The third-order valence-corrected chi connectivity index (χ3v) is 6.27. The normalized spacial score (nSPS) is 10.6. The van der Waals surface area contributed by atoms with E-state index in [-0.39, 0.29) is 13.2 Å². The Labute approximate surface area is 201 Å². The molecule has 31 heavy (non-hydrogen) atoms. The number of nitrogens with one attached hydrogen (secondary N) is 2. The molecule has 162 valence electrons. The Morgan fingerprint density at radius 1 is 0.903 bits per heavy atom. The summed E-state index contributed by atoms with van der Waals surface area (Å²) >= 11 is 13.1. The number of hydrazine groups is 1. The van der Waals surface area contributed by atoms with Gasteiger partial charge >= 0.3 is 0 Å². The number of amides is 2. The summed E-state index contributed by atoms with van der Waals surface area (Å²) in [5.41, 5.74) is 6.31. The Bertz CT molecular complexity index is 1130. The van der Waals surface area contributed by atoms with Crippen LogP contribution in [-0.2, 0) is 9.59 Å². The largest absolute Gasteiger partial charge is 0.484 e. The molecule has 0 aliphatic rings. The summed E-state index contributed by atoms with van der Waals surface area (Å²) in [6.07, 6.45) is 0. The molecule has 0 aliphatic carbocycles. The highest BCUT2D eigenvalue weighted by molar-refractivity contribution is 9.11. The smallest absolute Gasteiger partial charge is 0.276 e. The molecule has 3 rings (SSSR count). The van der Waals surface area contributed by atoms with Gasteiger partial charge in [0.05, 0.1) is 4.47 Å². The maximum atomic E-state index is 12.0. The van der Waals surface area contributed by atoms with Crippen LogP contribution in [0.5, 0.6) is 11.5 Å². The van der Waals surface area contributed by atoms with Crippen molar-refractivity contribution in [2.75, 3.05) is 13.2 Å². The van der Waals surface area contributed by atoms with Crippen LogP contribution >= 0.6 is 43.5 Å². The fourth-order valence-electron chi connectivity index (χ4n) is 2.85. The van der Waals surface area contributed by atoms with Crippen LogP contribution in [0.2, 0.25) is 5.02 Å². The maximum Gasteiger partial charge on any atom is 0.276 e. The zero-order chi connectivity index (χ0) is 22.5. The SMILES string of the molecule is Cc1cc(OCC(=O)NNC(=O)COc2ccc3cc(Br)ccc3c2Br)cc(C)c1Cl. The van der Waals surface area contributed by atoms with Crippen molar-refractivity contribution in [3.8, 4) is 11.5 Å². The van der Waals surface area contributed by atoms with Gasteiger partial charge < -0.3 is 9.47 Å². The molecule has 0 saturated heterocycles. The van der Waals surface area contributed by atoms with Gasteiger partial charge in [-0.3, -0.25) is 20.4 Å². The molecule has 0 unspecified atom stereocenters. The van der Waals surface area contributed by atoms with Crippen molar-refractivity contribution in [1.82, 2.24) is 10.9 Å². The second-order valence-corrected chi connectivity index (χ2v) is 8.87. The third-order valence-electron chi connectivity index (χ3n) is 4.36. The number of hydrogen-bond donors (Lipinski definition) is 2. The first-order valence-electron chi connectivity index (χ1n) is 9.22. The summed E-state index contributed by atoms with van der Waals surface area (Å²) in [5, 5.41) is 2.64. The van der Waals surface area contributed by atoms with Gasteiger partial charge in [-0.15, -0.1) is 0 Å². The van der Waals surface area contributed by atoms with E-state index in [0.717, 1.165) is 30.8 Å². The Balaban J connectivity index is 1.47. The van der Waals surface area contributed by atoms with Crippen molar-refractivity contribution in [2.45, 2.75) is 13.8 Å². The van der Waals surface area contributed by atoms with Crippen LogP contribution in [0.15, 0.2) is 51.4 Å². The van der Waals surface area contributed by atoms with Crippen molar-refractivity contribution in [3.63, 3.8) is 0 Å². The van der Waals surface area contributed by atoms with Gasteiger partial charge in [0.25, 0.3) is 11.8 Å². The lowest BCUT2D eigenvalue weighted by molar-refractivity contribution is -0.131. The molecule has 0 aliphatic heterocycles. The van der Waals surface area contributed by atoms with Crippen LogP contribution in [0.1, 0.15) is 11.1 Å². The minimum absolute atomic E-state index is 0.257. The number of fused-ring (bicyclic) bond motifs is 1. The average molecular weight is 571 g/mol. The molecule has 0 bridgehead atoms. The number of benzene rings is 3. The van der Waals surface area contributed by atoms with Crippen LogP contribution in [0.3, 0.4) is 0 Å². The molecule has 0 atom stereocenters. The Morgan fingerprint density at radius 3 is 2.16 bits per heavy atom. The van der Waals surface area contributed by atoms with Gasteiger partial charge in [-0.1, -0.05) is 39.7 Å². The molecule has 0 fully saturated rings. The highest BCUT2D eigenvalue weighted by Gasteiger charge is 2.11. The Kier molecular flexibility index (Phi) is 7.80. The molecule has 2 N–H and O–H groups in total. The quantitative estimate of drug-likeness (QED) is 0.398. The summed E-state index contributed by atoms with van der Waals surface area (Å²) in [5.74, 6) is 0.0379. The minimum Gasteiger partial charge on any atom is -0.484 e. The molecule has 6 nitrogen and oxygen atoms in total. The Morgan fingerprint density at radius 2 is 1.52 bits per heavy atom. The number of halogens is 3. The van der Waals surface area contributed by atoms with E-state index in [9.17, 15) is 9.59 Å². The summed E-state index contributed by atoms with van der Waals surface area (Å²) in [6.45, 7) is 3.19. The second-order valence-electron chi connectivity index (χ2n) is 6.79. The number of carbonyl (C=O) groups is 2. The van der Waals surface area contributed by atoms with E-state index in [1.807, 2.05) is 38.1 Å². The van der Waals surface area contributed by atoms with E-state index in [4.69, 9.17) is 21.1 Å². The minimum atomic E-state index is -0.505. The maximum absolute atomic E-state index is 12.0. The summed E-state index contributed by atoms with van der Waals surface area (Å²) < 4.78 is 12.7. The molecule has 3 aromatic carbocycles. The first-order chi connectivity index (χ1) is 14.7. The highest BCUT2D eigenvalue weighted by atomic mass is 79.9. The third kappa shape index (κ3) is 6.12. The molecule has 0 aromatic heterocycles. The number of rotatable bonds is 6. The lowest BCUT2D eigenvalue weighted by Gasteiger charge is -2.12. The predicted molar refractivity (Wildman–Crippen MR) is 128 cm³/mol. The summed E-state index contributed by atoms with van der Waals surface area (Å²) in [6, 6.07) is 13.0. The molecule has 0 saturated carbocycles. The molecule has 2 amide bonds. The fourth-order valence-corrected chi connectivity index (χ4v) is 3.94. The van der Waals surface area contributed by atoms with Gasteiger partial charge in [-0.05, 0) is 82.0 Å². The molecule has 0 spiro atoms. The zero-order valence-electron chi connectivity index (χ0n) is 16.7. The zero-order valence-corrected chi connectivity index (χ0v) is 20.7. The average Bonchev–Trinajstić information content (AvgIpc) is 2.73. The van der Waals surface area contributed by atoms with Crippen LogP contribution in [0, 0.1) is 13.8 Å². The van der Waals surface area contributed by atoms with Gasteiger partial charge in [-0.25, -0.2) is 0 Å². The van der Waals surface area contributed by atoms with Gasteiger partial charge in [0, 0.05) is 9.50 Å². The van der Waals surface area contributed by atoms with E-state index < -0.39 is 11.8 Å². The van der Waals surface area contributed by atoms with Gasteiger partial charge in [0.1, 0.15) is 11.5 Å². The van der Waals surface area contributed by atoms with Gasteiger partial charge in [0.15, 0.2) is 13.2 Å². The molecular formula is C22H19Br2ClN2O4. The van der Waals surface area contributed by atoms with E-state index in [1.165, 1.54) is 0 Å². The van der Waals surface area contributed by atoms with Crippen molar-refractivity contribution < 1.29 is 19.1 Å². The molecule has 3 aromatic rings. The van der Waals surface area contributed by atoms with E-state index in [2.05, 4.69) is 42.7 Å². The number of aryl methyl sites for hydroxylation is 2. The van der Waals surface area contributed by atoms with Crippen molar-refractivity contribution in [3.05, 3.63) is 67.6 Å². The first-order valence-corrected chi connectivity index (χ1v) is 11.2. The fraction of sp³-hybridized carbons (Fsp3) is 0.182. The first kappa shape index (κ1) is 23.4. The van der Waals surface area contributed by atoms with Crippen LogP contribution < -0.4 is 20.3 Å². The van der Waals surface area contributed by atoms with Crippen molar-refractivity contribution in [1.29, 1.82) is 0 Å². The monoisotopic (exact) mass is 568 g/mol. The van der Waals surface area contributed by atoms with E-state index in [0.29, 0.717) is 16.5 Å². The molecule has 0 radical (unpaired) electrons. The van der Waals surface area contributed by atoms with E-state index in [1.54, 1.807) is 18.2 Å². The Hall–Kier alpha value is -2.29. The van der Waals surface area contributed by atoms with Crippen molar-refractivity contribution >= 4 is 66.0 Å². The van der Waals surface area contributed by atoms with E-state index >= 15 is 0 Å². The second kappa shape index (κ2) is 10.3. The summed E-state index contributed by atoms with van der Waals surface area (Å²) in [4.78, 5) is 23.9. The number of ether oxygens (including phenoxy) is 2. The molecular weight excluding hydrogens is 552 g/mol. The predicted octanol–water partition coefficient (Wildman–Crippen LogP) is 5.24. The van der Waals surface area contributed by atoms with Crippen LogP contribution in [0.25, 0.3) is 10.8 Å². The molecule has 0 heterocycles. The summed E-state index contributed by atoms with van der Waals surface area (Å²) in [7, 11) is 0. The lowest BCUT2D eigenvalue weighted by Crippen LogP contribution is -2.45. The standard InChI is InChI=1S/C22H19Br2ClN2O4/c1-12-7-16(8-13(2)22(12)25)30-10-19(28)26-27-20(29)11-31-18-6-3-14-9-15(23)4-5-17(14)21(18)24/h3-9H,10-11H2,1-2H3,(H,26,28)(H,27,29). The lowest BCUT2D eigenvalue weighted by atomic mass is 10.1. The number of hydrogen-bond acceptors (Lipinski definition) is 4. The molecule has 9 heteroatoms. The van der Waals surface area contributed by atoms with Crippen molar-refractivity contribution in [2.24, 2.45) is 0 Å².